The van der Waals surface area contributed by atoms with Crippen molar-refractivity contribution in [2.75, 3.05) is 0 Å². The average molecular weight is 286 g/mol. The van der Waals surface area contributed by atoms with E-state index < -0.39 is 0 Å². The van der Waals surface area contributed by atoms with Crippen LogP contribution >= 0.6 is 0 Å². The van der Waals surface area contributed by atoms with Crippen LogP contribution in [0.5, 0.6) is 0 Å². The van der Waals surface area contributed by atoms with Gasteiger partial charge in [0.1, 0.15) is 5.82 Å². The number of rotatable bonds is 2. The van der Waals surface area contributed by atoms with E-state index in [9.17, 15) is 4.39 Å². The molecule has 1 heteroatoms. The van der Waals surface area contributed by atoms with Crippen LogP contribution in [0.25, 0.3) is 5.57 Å². The smallest absolute Gasteiger partial charge is 0.126 e. The molecule has 0 bridgehead atoms. The van der Waals surface area contributed by atoms with Gasteiger partial charge < -0.3 is 0 Å². The van der Waals surface area contributed by atoms with E-state index in [1.165, 1.54) is 44.1 Å². The second kappa shape index (κ2) is 6.34. The molecule has 0 amide bonds. The fraction of sp³-hybridized carbons (Fsp3) is 0.600. The number of aryl methyl sites for hydroxylation is 1. The van der Waals surface area contributed by atoms with Crippen molar-refractivity contribution in [1.29, 1.82) is 0 Å². The lowest BCUT2D eigenvalue weighted by molar-refractivity contribution is 0.202. The summed E-state index contributed by atoms with van der Waals surface area (Å²) in [5.74, 6) is 2.67. The van der Waals surface area contributed by atoms with Crippen molar-refractivity contribution in [3.63, 3.8) is 0 Å². The van der Waals surface area contributed by atoms with Crippen molar-refractivity contribution < 1.29 is 4.39 Å². The summed E-state index contributed by atoms with van der Waals surface area (Å²) in [7, 11) is 0. The van der Waals surface area contributed by atoms with Gasteiger partial charge in [0.25, 0.3) is 0 Å². The molecule has 21 heavy (non-hydrogen) atoms. The van der Waals surface area contributed by atoms with Gasteiger partial charge in [-0.05, 0) is 79.5 Å². The second-order valence-electron chi connectivity index (χ2n) is 7.25. The largest absolute Gasteiger partial charge is 0.207 e. The van der Waals surface area contributed by atoms with Crippen molar-refractivity contribution in [1.82, 2.24) is 0 Å². The molecule has 2 aliphatic rings. The summed E-state index contributed by atoms with van der Waals surface area (Å²) in [6.45, 7) is 4.22. The van der Waals surface area contributed by atoms with Gasteiger partial charge >= 0.3 is 0 Å². The van der Waals surface area contributed by atoms with Gasteiger partial charge in [-0.2, -0.15) is 0 Å². The Morgan fingerprint density at radius 3 is 2.38 bits per heavy atom. The van der Waals surface area contributed by atoms with Crippen molar-refractivity contribution in [2.45, 2.75) is 58.8 Å². The Morgan fingerprint density at radius 1 is 1.00 bits per heavy atom. The lowest BCUT2D eigenvalue weighted by atomic mass is 9.71. The third-order valence-electron chi connectivity index (χ3n) is 5.72. The maximum Gasteiger partial charge on any atom is 0.126 e. The fourth-order valence-corrected chi connectivity index (χ4v) is 4.09. The van der Waals surface area contributed by atoms with Crippen LogP contribution in [0.3, 0.4) is 0 Å². The van der Waals surface area contributed by atoms with Gasteiger partial charge in [0, 0.05) is 0 Å². The molecular formula is C20H27F. The second-order valence-corrected chi connectivity index (χ2v) is 7.25. The summed E-state index contributed by atoms with van der Waals surface area (Å²) in [5.41, 5.74) is 3.19. The molecule has 0 N–H and O–H groups in total. The molecule has 1 fully saturated rings. The number of hydrogen-bond acceptors (Lipinski definition) is 0. The Kier molecular flexibility index (Phi) is 4.47. The van der Waals surface area contributed by atoms with Crippen LogP contribution in [0.2, 0.25) is 0 Å². The predicted molar refractivity (Wildman–Crippen MR) is 87.6 cm³/mol. The Bertz CT molecular complexity index is 521. The molecule has 114 valence electrons. The molecule has 1 aromatic rings. The standard InChI is InChI=1S/C20H27F/c1-14-3-6-16(7-4-14)17-9-11-18(12-10-17)19-8-5-15(2)20(21)13-19/h5,8,11,13-14,16-17H,3-4,6-7,9-10,12H2,1-2H3. The van der Waals surface area contributed by atoms with Gasteiger partial charge in [-0.25, -0.2) is 4.39 Å². The van der Waals surface area contributed by atoms with E-state index in [0.29, 0.717) is 0 Å². The van der Waals surface area contributed by atoms with E-state index in [-0.39, 0.29) is 5.82 Å². The first-order valence-corrected chi connectivity index (χ1v) is 8.59. The molecular weight excluding hydrogens is 259 g/mol. The normalized spacial score (nSPS) is 30.0. The average Bonchev–Trinajstić information content (AvgIpc) is 2.51. The summed E-state index contributed by atoms with van der Waals surface area (Å²) in [6.07, 6.45) is 11.7. The Hall–Kier alpha value is -1.11. The van der Waals surface area contributed by atoms with Crippen molar-refractivity contribution >= 4 is 5.57 Å². The molecule has 1 atom stereocenters. The minimum Gasteiger partial charge on any atom is -0.207 e. The van der Waals surface area contributed by atoms with Gasteiger partial charge in [-0.1, -0.05) is 38.0 Å². The van der Waals surface area contributed by atoms with Crippen LogP contribution in [0.4, 0.5) is 4.39 Å². The topological polar surface area (TPSA) is 0 Å². The highest BCUT2D eigenvalue weighted by Crippen LogP contribution is 2.41. The first-order valence-electron chi connectivity index (χ1n) is 8.59. The summed E-state index contributed by atoms with van der Waals surface area (Å²) in [4.78, 5) is 0. The molecule has 0 aromatic heterocycles. The van der Waals surface area contributed by atoms with Crippen LogP contribution in [0.1, 0.15) is 63.0 Å². The van der Waals surface area contributed by atoms with E-state index in [4.69, 9.17) is 0 Å². The highest BCUT2D eigenvalue weighted by molar-refractivity contribution is 5.66. The highest BCUT2D eigenvalue weighted by atomic mass is 19.1. The lowest BCUT2D eigenvalue weighted by Crippen LogP contribution is -2.22. The Morgan fingerprint density at radius 2 is 1.76 bits per heavy atom. The SMILES string of the molecule is Cc1ccc(C2=CCC(C3CCC(C)CC3)CC2)cc1F. The van der Waals surface area contributed by atoms with Crippen molar-refractivity contribution in [3.05, 3.63) is 41.2 Å². The molecule has 0 heterocycles. The third-order valence-corrected chi connectivity index (χ3v) is 5.72. The number of benzene rings is 1. The number of halogens is 1. The quantitative estimate of drug-likeness (QED) is 0.612. The van der Waals surface area contributed by atoms with Gasteiger partial charge in [0.15, 0.2) is 0 Å². The van der Waals surface area contributed by atoms with E-state index in [2.05, 4.69) is 19.1 Å². The van der Waals surface area contributed by atoms with Gasteiger partial charge in [0.05, 0.1) is 0 Å². The van der Waals surface area contributed by atoms with E-state index in [1.807, 2.05) is 13.0 Å². The molecule has 0 aliphatic heterocycles. The molecule has 1 aromatic carbocycles. The molecule has 2 aliphatic carbocycles. The maximum absolute atomic E-state index is 13.7. The molecule has 0 saturated heterocycles. The van der Waals surface area contributed by atoms with Crippen LogP contribution in [-0.4, -0.2) is 0 Å². The summed E-state index contributed by atoms with van der Waals surface area (Å²) >= 11 is 0. The van der Waals surface area contributed by atoms with Crippen LogP contribution in [0, 0.1) is 30.5 Å². The van der Waals surface area contributed by atoms with Crippen LogP contribution < -0.4 is 0 Å². The third kappa shape index (κ3) is 3.39. The summed E-state index contributed by atoms with van der Waals surface area (Å²) < 4.78 is 13.7. The highest BCUT2D eigenvalue weighted by Gasteiger charge is 2.27. The first kappa shape index (κ1) is 14.8. The van der Waals surface area contributed by atoms with Crippen LogP contribution in [-0.2, 0) is 0 Å². The van der Waals surface area contributed by atoms with Gasteiger partial charge in [-0.15, -0.1) is 0 Å². The molecule has 0 radical (unpaired) electrons. The van der Waals surface area contributed by atoms with E-state index >= 15 is 0 Å². The Balaban J connectivity index is 1.65. The molecule has 0 nitrogen and oxygen atoms in total. The predicted octanol–water partition coefficient (Wildman–Crippen LogP) is 6.14. The minimum absolute atomic E-state index is 0.0724. The van der Waals surface area contributed by atoms with Crippen LogP contribution in [0.15, 0.2) is 24.3 Å². The van der Waals surface area contributed by atoms with E-state index in [1.54, 1.807) is 6.07 Å². The number of allylic oxidation sites excluding steroid dienone is 2. The molecule has 3 rings (SSSR count). The maximum atomic E-state index is 13.7. The molecule has 0 spiro atoms. The summed E-state index contributed by atoms with van der Waals surface area (Å²) in [5, 5.41) is 0. The lowest BCUT2D eigenvalue weighted by Gasteiger charge is -2.34. The van der Waals surface area contributed by atoms with E-state index in [0.717, 1.165) is 35.3 Å². The monoisotopic (exact) mass is 286 g/mol. The zero-order valence-corrected chi connectivity index (χ0v) is 13.4. The Labute approximate surface area is 128 Å². The zero-order valence-electron chi connectivity index (χ0n) is 13.4. The fourth-order valence-electron chi connectivity index (χ4n) is 4.09. The zero-order chi connectivity index (χ0) is 14.8. The number of hydrogen-bond donors (Lipinski definition) is 0. The van der Waals surface area contributed by atoms with Crippen molar-refractivity contribution in [2.24, 2.45) is 17.8 Å². The molecule has 1 unspecified atom stereocenters. The van der Waals surface area contributed by atoms with Crippen molar-refractivity contribution in [3.8, 4) is 0 Å². The molecule has 1 saturated carbocycles. The minimum atomic E-state index is -0.0724. The summed E-state index contributed by atoms with van der Waals surface area (Å²) in [6, 6.07) is 5.69. The van der Waals surface area contributed by atoms with Gasteiger partial charge in [-0.3, -0.25) is 0 Å². The first-order chi connectivity index (χ1) is 10.1. The van der Waals surface area contributed by atoms with Gasteiger partial charge in [0.2, 0.25) is 0 Å².